The predicted molar refractivity (Wildman–Crippen MR) is 163 cm³/mol. The third-order valence-electron chi connectivity index (χ3n) is 7.32. The fourth-order valence-corrected chi connectivity index (χ4v) is 6.50. The molecule has 0 aliphatic carbocycles. The van der Waals surface area contributed by atoms with E-state index in [0.717, 1.165) is 34.6 Å². The third-order valence-corrected chi connectivity index (χ3v) is 8.30. The second-order valence-corrected chi connectivity index (χ2v) is 11.2. The highest BCUT2D eigenvalue weighted by molar-refractivity contribution is 7.07. The van der Waals surface area contributed by atoms with Crippen LogP contribution in [-0.4, -0.2) is 28.8 Å². The number of aromatic nitrogens is 2. The Morgan fingerprint density at radius 2 is 1.85 bits per heavy atom. The van der Waals surface area contributed by atoms with Crippen molar-refractivity contribution in [1.29, 1.82) is 0 Å². The number of fused-ring (bicyclic) bond motifs is 1. The summed E-state index contributed by atoms with van der Waals surface area (Å²) in [7, 11) is 1.60. The van der Waals surface area contributed by atoms with E-state index < -0.39 is 12.0 Å². The van der Waals surface area contributed by atoms with E-state index in [1.54, 1.807) is 18.6 Å². The number of rotatable bonds is 8. The molecule has 212 valence electrons. The van der Waals surface area contributed by atoms with Gasteiger partial charge in [0, 0.05) is 17.1 Å². The van der Waals surface area contributed by atoms with E-state index in [9.17, 15) is 9.59 Å². The number of allylic oxidation sites excluding steroid dienone is 1. The molecule has 4 aromatic rings. The van der Waals surface area contributed by atoms with Gasteiger partial charge in [-0.2, -0.15) is 0 Å². The Hall–Kier alpha value is -4.17. The molecule has 7 nitrogen and oxygen atoms in total. The molecule has 0 saturated carbocycles. The minimum absolute atomic E-state index is 0.195. The van der Waals surface area contributed by atoms with E-state index in [2.05, 4.69) is 55.7 Å². The first kappa shape index (κ1) is 28.4. The van der Waals surface area contributed by atoms with Crippen LogP contribution in [0.4, 0.5) is 0 Å². The Balaban J connectivity index is 1.73. The highest BCUT2D eigenvalue weighted by atomic mass is 32.1. The Bertz CT molecular complexity index is 1840. The van der Waals surface area contributed by atoms with Gasteiger partial charge in [0.1, 0.15) is 5.75 Å². The number of carbonyl (C=O) groups is 1. The van der Waals surface area contributed by atoms with Crippen molar-refractivity contribution in [2.75, 3.05) is 13.7 Å². The lowest BCUT2D eigenvalue weighted by molar-refractivity contribution is -0.139. The van der Waals surface area contributed by atoms with Gasteiger partial charge in [-0.05, 0) is 87.2 Å². The Morgan fingerprint density at radius 1 is 1.07 bits per heavy atom. The van der Waals surface area contributed by atoms with Gasteiger partial charge in [-0.15, -0.1) is 0 Å². The summed E-state index contributed by atoms with van der Waals surface area (Å²) in [6.07, 6.45) is 3.33. The van der Waals surface area contributed by atoms with Crippen LogP contribution in [-0.2, 0) is 9.53 Å². The lowest BCUT2D eigenvalue weighted by Crippen LogP contribution is -2.40. The quantitative estimate of drug-likeness (QED) is 0.270. The first-order valence-corrected chi connectivity index (χ1v) is 14.7. The summed E-state index contributed by atoms with van der Waals surface area (Å²) in [6.45, 7) is 10.3. The van der Waals surface area contributed by atoms with Crippen molar-refractivity contribution in [3.05, 3.63) is 114 Å². The van der Waals surface area contributed by atoms with Crippen LogP contribution >= 0.6 is 11.3 Å². The highest BCUT2D eigenvalue weighted by Crippen LogP contribution is 2.34. The number of methoxy groups -OCH3 is 1. The second-order valence-electron chi connectivity index (χ2n) is 10.2. The van der Waals surface area contributed by atoms with Crippen molar-refractivity contribution in [3.63, 3.8) is 0 Å². The summed E-state index contributed by atoms with van der Waals surface area (Å²) in [6, 6.07) is 17.3. The SMILES string of the molecule is CCCC1=C(C(=O)OCC)[C@H](c2cccc(OC)c2)n2c(s/c(=C/c3cc(C)n(-c4cccc(C)c4)c3C)c2=O)=N1. The standard InChI is InChI=1S/C33H35N3O4S/c1-7-11-27-29(32(38)40-8-2)30(23-13-10-15-26(18-23)39-6)36-31(37)28(41-33(36)34-27)19-24-17-21(4)35(22(24)5)25-14-9-12-20(3)16-25/h9-10,12-19,30H,7-8,11H2,1-6H3/b28-19+/t30-/m0/s1. The molecule has 0 saturated heterocycles. The van der Waals surface area contributed by atoms with E-state index in [1.807, 2.05) is 37.3 Å². The molecule has 1 aliphatic rings. The number of carbonyl (C=O) groups excluding carboxylic acids is 1. The molecule has 0 N–H and O–H groups in total. The summed E-state index contributed by atoms with van der Waals surface area (Å²) in [5, 5.41) is 0. The van der Waals surface area contributed by atoms with Crippen molar-refractivity contribution in [3.8, 4) is 11.4 Å². The van der Waals surface area contributed by atoms with E-state index in [-0.39, 0.29) is 12.2 Å². The molecule has 3 heterocycles. The molecule has 0 unspecified atom stereocenters. The van der Waals surface area contributed by atoms with Crippen LogP contribution in [0.25, 0.3) is 11.8 Å². The summed E-state index contributed by atoms with van der Waals surface area (Å²) in [5.41, 5.74) is 6.98. The molecule has 0 fully saturated rings. The molecule has 0 bridgehead atoms. The third kappa shape index (κ3) is 5.32. The van der Waals surface area contributed by atoms with E-state index >= 15 is 0 Å². The van der Waals surface area contributed by atoms with Crippen LogP contribution in [0.2, 0.25) is 0 Å². The smallest absolute Gasteiger partial charge is 0.338 e. The topological polar surface area (TPSA) is 74.8 Å². The van der Waals surface area contributed by atoms with Gasteiger partial charge in [0.05, 0.1) is 35.6 Å². The second kappa shape index (κ2) is 11.7. The molecule has 8 heteroatoms. The van der Waals surface area contributed by atoms with Crippen molar-refractivity contribution in [2.45, 2.75) is 53.5 Å². The molecule has 0 amide bonds. The molecule has 1 aliphatic heterocycles. The molecular weight excluding hydrogens is 534 g/mol. The monoisotopic (exact) mass is 569 g/mol. The van der Waals surface area contributed by atoms with Crippen LogP contribution in [0.1, 0.15) is 60.8 Å². The van der Waals surface area contributed by atoms with Gasteiger partial charge < -0.3 is 14.0 Å². The van der Waals surface area contributed by atoms with Crippen molar-refractivity contribution in [1.82, 2.24) is 9.13 Å². The largest absolute Gasteiger partial charge is 0.497 e. The number of thiazole rings is 1. The summed E-state index contributed by atoms with van der Waals surface area (Å²) in [4.78, 5) is 33.0. The van der Waals surface area contributed by atoms with Gasteiger partial charge in [-0.3, -0.25) is 9.36 Å². The predicted octanol–water partition coefficient (Wildman–Crippen LogP) is 5.30. The van der Waals surface area contributed by atoms with Crippen molar-refractivity contribution < 1.29 is 14.3 Å². The van der Waals surface area contributed by atoms with Crippen molar-refractivity contribution in [2.24, 2.45) is 4.99 Å². The highest BCUT2D eigenvalue weighted by Gasteiger charge is 2.34. The number of esters is 1. The maximum absolute atomic E-state index is 14.1. The van der Waals surface area contributed by atoms with Gasteiger partial charge in [0.25, 0.3) is 5.56 Å². The zero-order valence-corrected chi connectivity index (χ0v) is 25.2. The number of benzene rings is 2. The molecule has 41 heavy (non-hydrogen) atoms. The lowest BCUT2D eigenvalue weighted by Gasteiger charge is -2.26. The molecule has 2 aromatic heterocycles. The fraction of sp³-hybridized carbons (Fsp3) is 0.303. The van der Waals surface area contributed by atoms with E-state index in [4.69, 9.17) is 14.5 Å². The average molecular weight is 570 g/mol. The number of hydrogen-bond acceptors (Lipinski definition) is 6. The van der Waals surface area contributed by atoms with Crippen molar-refractivity contribution >= 4 is 23.4 Å². The normalized spacial score (nSPS) is 15.1. The number of ether oxygens (including phenoxy) is 2. The van der Waals surface area contributed by atoms with Crippen LogP contribution in [0.3, 0.4) is 0 Å². The van der Waals surface area contributed by atoms with E-state index in [1.165, 1.54) is 16.9 Å². The molecule has 2 aromatic carbocycles. The number of nitrogens with zero attached hydrogens (tertiary/aromatic N) is 3. The van der Waals surface area contributed by atoms with Gasteiger partial charge in [-0.25, -0.2) is 9.79 Å². The Labute approximate surface area is 243 Å². The minimum Gasteiger partial charge on any atom is -0.497 e. The van der Waals surface area contributed by atoms with Gasteiger partial charge in [0.2, 0.25) is 0 Å². The zero-order chi connectivity index (χ0) is 29.3. The Kier molecular flexibility index (Phi) is 8.13. The number of aryl methyl sites for hydroxylation is 2. The summed E-state index contributed by atoms with van der Waals surface area (Å²) >= 11 is 1.35. The fourth-order valence-electron chi connectivity index (χ4n) is 5.49. The lowest BCUT2D eigenvalue weighted by atomic mass is 9.94. The molecule has 1 atom stereocenters. The Morgan fingerprint density at radius 3 is 2.56 bits per heavy atom. The first-order chi connectivity index (χ1) is 19.8. The molecular formula is C33H35N3O4S. The first-order valence-electron chi connectivity index (χ1n) is 13.9. The average Bonchev–Trinajstić information content (AvgIpc) is 3.41. The van der Waals surface area contributed by atoms with Crippen LogP contribution < -0.4 is 19.6 Å². The molecule has 5 rings (SSSR count). The van der Waals surface area contributed by atoms with Crippen LogP contribution in [0.5, 0.6) is 5.75 Å². The molecule has 0 radical (unpaired) electrons. The summed E-state index contributed by atoms with van der Waals surface area (Å²) < 4.78 is 15.4. The van der Waals surface area contributed by atoms with E-state index in [0.29, 0.717) is 32.8 Å². The van der Waals surface area contributed by atoms with Crippen LogP contribution in [0, 0.1) is 20.8 Å². The maximum Gasteiger partial charge on any atom is 0.338 e. The minimum atomic E-state index is -0.677. The van der Waals surface area contributed by atoms with Gasteiger partial charge in [0.15, 0.2) is 4.80 Å². The van der Waals surface area contributed by atoms with Gasteiger partial charge in [-0.1, -0.05) is 48.9 Å². The maximum atomic E-state index is 14.1. The zero-order valence-electron chi connectivity index (χ0n) is 24.4. The van der Waals surface area contributed by atoms with Crippen LogP contribution in [0.15, 0.2) is 75.7 Å². The number of hydrogen-bond donors (Lipinski definition) is 0. The van der Waals surface area contributed by atoms with Gasteiger partial charge >= 0.3 is 5.97 Å². The summed E-state index contributed by atoms with van der Waals surface area (Å²) in [5.74, 6) is 0.189. The molecule has 0 spiro atoms.